The summed E-state index contributed by atoms with van der Waals surface area (Å²) in [7, 11) is 0. The van der Waals surface area contributed by atoms with E-state index in [-0.39, 0.29) is 17.7 Å². The van der Waals surface area contributed by atoms with E-state index < -0.39 is 5.92 Å². The van der Waals surface area contributed by atoms with Crippen molar-refractivity contribution < 1.29 is 14.3 Å². The van der Waals surface area contributed by atoms with Crippen LogP contribution in [-0.4, -0.2) is 18.4 Å². The number of esters is 1. The maximum atomic E-state index is 12.3. The highest BCUT2D eigenvalue weighted by Gasteiger charge is 2.36. The van der Waals surface area contributed by atoms with Crippen LogP contribution in [0.3, 0.4) is 0 Å². The third-order valence-corrected chi connectivity index (χ3v) is 4.26. The summed E-state index contributed by atoms with van der Waals surface area (Å²) in [6.45, 7) is 5.97. The Hall–Kier alpha value is -2.16. The van der Waals surface area contributed by atoms with Crippen LogP contribution in [0.5, 0.6) is 0 Å². The molecule has 0 N–H and O–H groups in total. The first kappa shape index (κ1) is 17.2. The van der Waals surface area contributed by atoms with Gasteiger partial charge in [-0.15, -0.1) is 0 Å². The SMILES string of the molecule is CCOC(=O)C1C/C(=C/c2ccccc2)C(C)=CC1C(=O)CC. The summed E-state index contributed by atoms with van der Waals surface area (Å²) in [5.74, 6) is -0.962. The molecule has 2 unspecified atom stereocenters. The van der Waals surface area contributed by atoms with Crippen molar-refractivity contribution in [3.8, 4) is 0 Å². The third-order valence-electron chi connectivity index (χ3n) is 4.26. The maximum Gasteiger partial charge on any atom is 0.310 e. The second-order valence-corrected chi connectivity index (χ2v) is 5.84. The number of hydrogen-bond donors (Lipinski definition) is 0. The Labute approximate surface area is 138 Å². The fraction of sp³-hybridized carbons (Fsp3) is 0.400. The molecule has 0 saturated heterocycles. The van der Waals surface area contributed by atoms with Crippen LogP contribution in [-0.2, 0) is 14.3 Å². The van der Waals surface area contributed by atoms with Crippen LogP contribution in [0.2, 0.25) is 0 Å². The second-order valence-electron chi connectivity index (χ2n) is 5.84. The summed E-state index contributed by atoms with van der Waals surface area (Å²) in [4.78, 5) is 24.5. The van der Waals surface area contributed by atoms with E-state index in [2.05, 4.69) is 6.08 Å². The maximum absolute atomic E-state index is 12.3. The fourth-order valence-corrected chi connectivity index (χ4v) is 2.97. The molecule has 0 fully saturated rings. The normalized spacial score (nSPS) is 22.6. The number of rotatable bonds is 5. The monoisotopic (exact) mass is 312 g/mol. The van der Waals surface area contributed by atoms with Gasteiger partial charge in [-0.3, -0.25) is 9.59 Å². The van der Waals surface area contributed by atoms with Gasteiger partial charge in [0.1, 0.15) is 5.78 Å². The van der Waals surface area contributed by atoms with Gasteiger partial charge in [0, 0.05) is 12.3 Å². The Kier molecular flexibility index (Phi) is 5.91. The van der Waals surface area contributed by atoms with Crippen LogP contribution in [0.1, 0.15) is 39.2 Å². The van der Waals surface area contributed by atoms with Gasteiger partial charge in [0.25, 0.3) is 0 Å². The molecular formula is C20H24O3. The molecule has 0 heterocycles. The molecule has 1 aromatic rings. The molecule has 23 heavy (non-hydrogen) atoms. The summed E-state index contributed by atoms with van der Waals surface area (Å²) in [5.41, 5.74) is 3.26. The van der Waals surface area contributed by atoms with E-state index in [9.17, 15) is 9.59 Å². The van der Waals surface area contributed by atoms with Crippen LogP contribution in [0, 0.1) is 11.8 Å². The van der Waals surface area contributed by atoms with E-state index in [4.69, 9.17) is 4.74 Å². The Morgan fingerprint density at radius 1 is 1.22 bits per heavy atom. The van der Waals surface area contributed by atoms with Gasteiger partial charge < -0.3 is 4.74 Å². The zero-order valence-electron chi connectivity index (χ0n) is 14.0. The minimum atomic E-state index is -0.416. The van der Waals surface area contributed by atoms with Crippen molar-refractivity contribution in [3.63, 3.8) is 0 Å². The quantitative estimate of drug-likeness (QED) is 0.766. The van der Waals surface area contributed by atoms with E-state index >= 15 is 0 Å². The summed E-state index contributed by atoms with van der Waals surface area (Å²) >= 11 is 0. The largest absolute Gasteiger partial charge is 0.466 e. The average molecular weight is 312 g/mol. The van der Waals surface area contributed by atoms with Crippen molar-refractivity contribution in [2.75, 3.05) is 6.61 Å². The molecule has 0 radical (unpaired) electrons. The minimum absolute atomic E-state index is 0.0983. The zero-order chi connectivity index (χ0) is 16.8. The Balaban J connectivity index is 2.36. The van der Waals surface area contributed by atoms with Crippen molar-refractivity contribution in [1.82, 2.24) is 0 Å². The Morgan fingerprint density at radius 3 is 2.52 bits per heavy atom. The lowest BCUT2D eigenvalue weighted by Crippen LogP contribution is -2.33. The van der Waals surface area contributed by atoms with E-state index in [0.717, 1.165) is 16.7 Å². The number of carbonyl (C=O) groups excluding carboxylic acids is 2. The topological polar surface area (TPSA) is 43.4 Å². The van der Waals surface area contributed by atoms with Crippen molar-refractivity contribution in [1.29, 1.82) is 0 Å². The number of ether oxygens (including phenoxy) is 1. The average Bonchev–Trinajstić information content (AvgIpc) is 2.56. The molecule has 1 aliphatic rings. The number of carbonyl (C=O) groups is 2. The molecule has 0 aromatic heterocycles. The van der Waals surface area contributed by atoms with Gasteiger partial charge in [-0.25, -0.2) is 0 Å². The highest BCUT2D eigenvalue weighted by atomic mass is 16.5. The number of hydrogen-bond acceptors (Lipinski definition) is 3. The molecule has 1 aromatic carbocycles. The molecule has 2 rings (SSSR count). The molecular weight excluding hydrogens is 288 g/mol. The molecule has 2 atom stereocenters. The highest BCUT2D eigenvalue weighted by molar-refractivity contribution is 5.89. The van der Waals surface area contributed by atoms with Crippen LogP contribution < -0.4 is 0 Å². The van der Waals surface area contributed by atoms with E-state index in [0.29, 0.717) is 19.4 Å². The van der Waals surface area contributed by atoms with Gasteiger partial charge in [-0.2, -0.15) is 0 Å². The predicted molar refractivity (Wildman–Crippen MR) is 91.7 cm³/mol. The standard InChI is InChI=1S/C20H24O3/c1-4-19(21)17-11-14(3)16(12-15-9-7-6-8-10-15)13-18(17)20(22)23-5-2/h6-12,17-18H,4-5,13H2,1-3H3/b16-12-. The van der Waals surface area contributed by atoms with Crippen molar-refractivity contribution >= 4 is 17.8 Å². The zero-order valence-corrected chi connectivity index (χ0v) is 14.0. The predicted octanol–water partition coefficient (Wildman–Crippen LogP) is 4.19. The summed E-state index contributed by atoms with van der Waals surface area (Å²) in [6, 6.07) is 10.0. The van der Waals surface area contributed by atoms with Gasteiger partial charge in [-0.1, -0.05) is 55.0 Å². The van der Waals surface area contributed by atoms with Gasteiger partial charge in [0.2, 0.25) is 0 Å². The number of allylic oxidation sites excluding steroid dienone is 3. The van der Waals surface area contributed by atoms with E-state index in [1.165, 1.54) is 0 Å². The first-order valence-electron chi connectivity index (χ1n) is 8.20. The van der Waals surface area contributed by atoms with E-state index in [1.54, 1.807) is 6.92 Å². The van der Waals surface area contributed by atoms with Crippen LogP contribution in [0.4, 0.5) is 0 Å². The van der Waals surface area contributed by atoms with Gasteiger partial charge in [-0.05, 0) is 31.4 Å². The van der Waals surface area contributed by atoms with Crippen molar-refractivity contribution in [2.24, 2.45) is 11.8 Å². The molecule has 1 aliphatic carbocycles. The van der Waals surface area contributed by atoms with Crippen molar-refractivity contribution in [2.45, 2.75) is 33.6 Å². The Morgan fingerprint density at radius 2 is 1.91 bits per heavy atom. The summed E-state index contributed by atoms with van der Waals surface area (Å²) in [5, 5.41) is 0. The third kappa shape index (κ3) is 4.19. The fourth-order valence-electron chi connectivity index (χ4n) is 2.97. The van der Waals surface area contributed by atoms with Crippen LogP contribution >= 0.6 is 0 Å². The molecule has 0 amide bonds. The first-order valence-corrected chi connectivity index (χ1v) is 8.20. The first-order chi connectivity index (χ1) is 11.1. The molecule has 3 heteroatoms. The molecule has 3 nitrogen and oxygen atoms in total. The Bertz CT molecular complexity index is 626. The van der Waals surface area contributed by atoms with Crippen molar-refractivity contribution in [3.05, 3.63) is 53.1 Å². The second kappa shape index (κ2) is 7.91. The van der Waals surface area contributed by atoms with E-state index in [1.807, 2.05) is 50.3 Å². The summed E-state index contributed by atoms with van der Waals surface area (Å²) in [6.07, 6.45) is 5.00. The lowest BCUT2D eigenvalue weighted by molar-refractivity contribution is -0.151. The molecule has 0 aliphatic heterocycles. The van der Waals surface area contributed by atoms with Crippen LogP contribution in [0.25, 0.3) is 6.08 Å². The molecule has 122 valence electrons. The molecule has 0 bridgehead atoms. The number of benzene rings is 1. The van der Waals surface area contributed by atoms with Gasteiger partial charge in [0.05, 0.1) is 12.5 Å². The highest BCUT2D eigenvalue weighted by Crippen LogP contribution is 2.35. The number of Topliss-reactive ketones (excluding diaryl/α,β-unsaturated/α-hetero) is 1. The summed E-state index contributed by atoms with van der Waals surface area (Å²) < 4.78 is 5.19. The van der Waals surface area contributed by atoms with Gasteiger partial charge >= 0.3 is 5.97 Å². The van der Waals surface area contributed by atoms with Crippen LogP contribution in [0.15, 0.2) is 47.6 Å². The lowest BCUT2D eigenvalue weighted by atomic mass is 9.75. The smallest absolute Gasteiger partial charge is 0.310 e. The molecule has 0 spiro atoms. The van der Waals surface area contributed by atoms with Gasteiger partial charge in [0.15, 0.2) is 0 Å². The minimum Gasteiger partial charge on any atom is -0.466 e. The molecule has 0 saturated carbocycles. The lowest BCUT2D eigenvalue weighted by Gasteiger charge is -2.28. The number of ketones is 1.